The Labute approximate surface area is 129 Å². The lowest BCUT2D eigenvalue weighted by Gasteiger charge is -2.22. The highest BCUT2D eigenvalue weighted by Gasteiger charge is 2.27. The average Bonchev–Trinajstić information content (AvgIpc) is 2.99. The molecule has 2 heterocycles. The fourth-order valence-corrected chi connectivity index (χ4v) is 3.63. The van der Waals surface area contributed by atoms with E-state index in [4.69, 9.17) is 9.47 Å². The average molecular weight is 325 g/mol. The second-order valence-corrected chi connectivity index (χ2v) is 6.80. The summed E-state index contributed by atoms with van der Waals surface area (Å²) in [6.45, 7) is 3.52. The van der Waals surface area contributed by atoms with Crippen LogP contribution < -0.4 is 14.8 Å². The number of ether oxygens (including phenoxy) is 2. The maximum absolute atomic E-state index is 12.3. The molecule has 7 nitrogen and oxygen atoms in total. The van der Waals surface area contributed by atoms with Crippen LogP contribution >= 0.6 is 0 Å². The van der Waals surface area contributed by atoms with Crippen molar-refractivity contribution in [2.45, 2.75) is 30.8 Å². The molecule has 1 unspecified atom stereocenters. The maximum Gasteiger partial charge on any atom is 0.266 e. The van der Waals surface area contributed by atoms with Gasteiger partial charge in [0, 0.05) is 12.7 Å². The van der Waals surface area contributed by atoms with Crippen molar-refractivity contribution in [3.63, 3.8) is 0 Å². The summed E-state index contributed by atoms with van der Waals surface area (Å²) >= 11 is 0. The van der Waals surface area contributed by atoms with Gasteiger partial charge in [0.05, 0.1) is 24.9 Å². The summed E-state index contributed by atoms with van der Waals surface area (Å²) in [5, 5.41) is 2.99. The Morgan fingerprint density at radius 1 is 1.45 bits per heavy atom. The summed E-state index contributed by atoms with van der Waals surface area (Å²) in [7, 11) is -3.64. The smallest absolute Gasteiger partial charge is 0.266 e. The summed E-state index contributed by atoms with van der Waals surface area (Å²) in [4.78, 5) is 4.44. The first kappa shape index (κ1) is 15.1. The Bertz CT molecular complexity index is 681. The Morgan fingerprint density at radius 2 is 2.32 bits per heavy atom. The van der Waals surface area contributed by atoms with Gasteiger partial charge in [0.25, 0.3) is 10.0 Å². The first-order chi connectivity index (χ1) is 10.6. The Morgan fingerprint density at radius 3 is 3.05 bits per heavy atom. The minimum absolute atomic E-state index is 0.0699. The van der Waals surface area contributed by atoms with Crippen LogP contribution in [0, 0.1) is 0 Å². The molecule has 2 aliphatic rings. The number of benzene rings is 1. The highest BCUT2D eigenvalue weighted by Crippen LogP contribution is 2.29. The van der Waals surface area contributed by atoms with Gasteiger partial charge in [-0.05, 0) is 31.9 Å². The van der Waals surface area contributed by atoms with E-state index in [1.807, 2.05) is 6.92 Å². The summed E-state index contributed by atoms with van der Waals surface area (Å²) < 4.78 is 37.9. The fraction of sp³-hybridized carbons (Fsp3) is 0.500. The van der Waals surface area contributed by atoms with Crippen LogP contribution in [0.1, 0.15) is 19.8 Å². The van der Waals surface area contributed by atoms with Gasteiger partial charge in [-0.1, -0.05) is 0 Å². The third-order valence-corrected chi connectivity index (χ3v) is 4.89. The summed E-state index contributed by atoms with van der Waals surface area (Å²) in [6, 6.07) is 4.92. The monoisotopic (exact) mass is 325 g/mol. The van der Waals surface area contributed by atoms with Gasteiger partial charge in [-0.3, -0.25) is 0 Å². The SMILES string of the molecule is CCOc1ccc2c(c1)S(=O)(=O)NC(=NCC1CCCO1)N2. The summed E-state index contributed by atoms with van der Waals surface area (Å²) in [6.07, 6.45) is 2.05. The van der Waals surface area contributed by atoms with Crippen molar-refractivity contribution in [2.24, 2.45) is 4.99 Å². The quantitative estimate of drug-likeness (QED) is 0.871. The topological polar surface area (TPSA) is 89.0 Å². The number of rotatable bonds is 4. The van der Waals surface area contributed by atoms with E-state index in [1.54, 1.807) is 12.1 Å². The van der Waals surface area contributed by atoms with Gasteiger partial charge in [-0.2, -0.15) is 0 Å². The number of anilines is 1. The molecular formula is C14H19N3O4S. The molecule has 22 heavy (non-hydrogen) atoms. The van der Waals surface area contributed by atoms with Crippen molar-refractivity contribution in [1.29, 1.82) is 0 Å². The zero-order chi connectivity index (χ0) is 15.6. The molecule has 1 fully saturated rings. The molecule has 0 radical (unpaired) electrons. The van der Waals surface area contributed by atoms with E-state index in [-0.39, 0.29) is 17.0 Å². The van der Waals surface area contributed by atoms with Gasteiger partial charge in [0.15, 0.2) is 0 Å². The number of nitrogens with one attached hydrogen (secondary N) is 2. The van der Waals surface area contributed by atoms with E-state index >= 15 is 0 Å². The van der Waals surface area contributed by atoms with Crippen LogP contribution in [0.15, 0.2) is 28.1 Å². The lowest BCUT2D eigenvalue weighted by molar-refractivity contribution is 0.118. The largest absolute Gasteiger partial charge is 0.494 e. The maximum atomic E-state index is 12.3. The molecule has 0 spiro atoms. The minimum Gasteiger partial charge on any atom is -0.494 e. The lowest BCUT2D eigenvalue weighted by atomic mass is 10.2. The van der Waals surface area contributed by atoms with Crippen LogP contribution in [0.3, 0.4) is 0 Å². The Balaban J connectivity index is 1.82. The van der Waals surface area contributed by atoms with E-state index in [9.17, 15) is 8.42 Å². The number of guanidine groups is 1. The molecule has 0 aromatic heterocycles. The second kappa shape index (κ2) is 6.13. The molecule has 3 rings (SSSR count). The number of hydrogen-bond donors (Lipinski definition) is 2. The van der Waals surface area contributed by atoms with Gasteiger partial charge >= 0.3 is 0 Å². The van der Waals surface area contributed by atoms with Crippen LogP contribution in [0.2, 0.25) is 0 Å². The molecule has 8 heteroatoms. The van der Waals surface area contributed by atoms with E-state index in [2.05, 4.69) is 15.0 Å². The molecule has 0 aliphatic carbocycles. The number of hydrogen-bond acceptors (Lipinski definition) is 5. The van der Waals surface area contributed by atoms with Crippen molar-refractivity contribution >= 4 is 21.7 Å². The van der Waals surface area contributed by atoms with Gasteiger partial charge < -0.3 is 14.8 Å². The number of sulfonamides is 1. The van der Waals surface area contributed by atoms with Crippen LogP contribution in [0.5, 0.6) is 5.75 Å². The summed E-state index contributed by atoms with van der Waals surface area (Å²) in [5.41, 5.74) is 0.494. The van der Waals surface area contributed by atoms with Gasteiger partial charge in [0.1, 0.15) is 10.6 Å². The van der Waals surface area contributed by atoms with Crippen molar-refractivity contribution in [3.8, 4) is 5.75 Å². The number of aliphatic imine (C=N–C) groups is 1. The number of fused-ring (bicyclic) bond motifs is 1. The second-order valence-electron chi connectivity index (χ2n) is 5.15. The van der Waals surface area contributed by atoms with E-state index in [0.29, 0.717) is 24.6 Å². The van der Waals surface area contributed by atoms with Crippen LogP contribution in [-0.4, -0.2) is 40.2 Å². The molecule has 1 atom stereocenters. The predicted molar refractivity (Wildman–Crippen MR) is 82.8 cm³/mol. The first-order valence-electron chi connectivity index (χ1n) is 7.31. The molecule has 1 saturated heterocycles. The molecular weight excluding hydrogens is 306 g/mol. The van der Waals surface area contributed by atoms with Crippen molar-refractivity contribution < 1.29 is 17.9 Å². The molecule has 2 aliphatic heterocycles. The standard InChI is InChI=1S/C14H19N3O4S/c1-2-20-10-5-6-12-13(8-10)22(18,19)17-14(16-12)15-9-11-4-3-7-21-11/h5-6,8,11H,2-4,7,9H2,1H3,(H2,15,16,17). The molecule has 1 aromatic carbocycles. The van der Waals surface area contributed by atoms with Crippen LogP contribution in [0.25, 0.3) is 0 Å². The van der Waals surface area contributed by atoms with E-state index in [0.717, 1.165) is 19.4 Å². The van der Waals surface area contributed by atoms with Crippen molar-refractivity contribution in [3.05, 3.63) is 18.2 Å². The lowest BCUT2D eigenvalue weighted by Crippen LogP contribution is -2.41. The molecule has 0 amide bonds. The van der Waals surface area contributed by atoms with E-state index in [1.165, 1.54) is 6.07 Å². The van der Waals surface area contributed by atoms with Gasteiger partial charge in [0.2, 0.25) is 5.96 Å². The third kappa shape index (κ3) is 3.17. The van der Waals surface area contributed by atoms with Crippen molar-refractivity contribution in [2.75, 3.05) is 25.1 Å². The highest BCUT2D eigenvalue weighted by molar-refractivity contribution is 7.90. The summed E-state index contributed by atoms with van der Waals surface area (Å²) in [5.74, 6) is 0.750. The molecule has 2 N–H and O–H groups in total. The van der Waals surface area contributed by atoms with E-state index < -0.39 is 10.0 Å². The number of nitrogens with zero attached hydrogens (tertiary/aromatic N) is 1. The minimum atomic E-state index is -3.64. The molecule has 0 saturated carbocycles. The zero-order valence-electron chi connectivity index (χ0n) is 12.3. The highest BCUT2D eigenvalue weighted by atomic mass is 32.2. The van der Waals surface area contributed by atoms with Crippen LogP contribution in [-0.2, 0) is 14.8 Å². The van der Waals surface area contributed by atoms with Gasteiger partial charge in [-0.15, -0.1) is 0 Å². The molecule has 1 aromatic rings. The van der Waals surface area contributed by atoms with Crippen molar-refractivity contribution in [1.82, 2.24) is 4.72 Å². The third-order valence-electron chi connectivity index (χ3n) is 3.51. The van der Waals surface area contributed by atoms with Gasteiger partial charge in [-0.25, -0.2) is 18.1 Å². The Hall–Kier alpha value is -1.80. The molecule has 0 bridgehead atoms. The zero-order valence-corrected chi connectivity index (χ0v) is 13.1. The van der Waals surface area contributed by atoms with Crippen LogP contribution in [0.4, 0.5) is 5.69 Å². The fourth-order valence-electron chi connectivity index (χ4n) is 2.47. The normalized spacial score (nSPS) is 24.4. The Kier molecular flexibility index (Phi) is 4.21. The predicted octanol–water partition coefficient (Wildman–Crippen LogP) is 1.32. The first-order valence-corrected chi connectivity index (χ1v) is 8.79. The molecule has 120 valence electrons.